The van der Waals surface area contributed by atoms with E-state index in [1.54, 1.807) is 7.11 Å². The summed E-state index contributed by atoms with van der Waals surface area (Å²) in [5.74, 6) is 0.731. The van der Waals surface area contributed by atoms with Crippen LogP contribution in [0.1, 0.15) is 18.4 Å². The number of carbonyl (C=O) groups is 1. The largest absolute Gasteiger partial charge is 0.495 e. The average Bonchev–Trinajstić information content (AvgIpc) is 2.84. The Morgan fingerprint density at radius 1 is 1.00 bits per heavy atom. The van der Waals surface area contributed by atoms with Gasteiger partial charge in [0.1, 0.15) is 12.4 Å². The quantitative estimate of drug-likeness (QED) is 0.744. The van der Waals surface area contributed by atoms with Crippen molar-refractivity contribution in [1.29, 1.82) is 0 Å². The Kier molecular flexibility index (Phi) is 6.82. The van der Waals surface area contributed by atoms with Crippen molar-refractivity contribution in [2.24, 2.45) is 0 Å². The number of hydrogen-bond acceptors (Lipinski definition) is 6. The van der Waals surface area contributed by atoms with Gasteiger partial charge in [-0.2, -0.15) is 0 Å². The summed E-state index contributed by atoms with van der Waals surface area (Å²) in [5.41, 5.74) is 8.79. The molecule has 7 nitrogen and oxygen atoms in total. The summed E-state index contributed by atoms with van der Waals surface area (Å²) in [7, 11) is 1.65. The number of anilines is 2. The summed E-state index contributed by atoms with van der Waals surface area (Å²) < 4.78 is 10.8. The summed E-state index contributed by atoms with van der Waals surface area (Å²) in [6.07, 6.45) is 2.02. The lowest BCUT2D eigenvalue weighted by Crippen LogP contribution is -2.54. The van der Waals surface area contributed by atoms with Crippen LogP contribution < -0.4 is 15.4 Å². The van der Waals surface area contributed by atoms with Crippen molar-refractivity contribution < 1.29 is 14.3 Å². The fourth-order valence-corrected chi connectivity index (χ4v) is 4.47. The maximum absolute atomic E-state index is 12.4. The number of carbonyl (C=O) groups excluding carboxylic acids is 1. The summed E-state index contributed by atoms with van der Waals surface area (Å²) in [5, 5.41) is 0. The Morgan fingerprint density at radius 2 is 1.71 bits per heavy atom. The number of ether oxygens (including phenoxy) is 2. The van der Waals surface area contributed by atoms with Gasteiger partial charge >= 0.3 is 6.09 Å². The lowest BCUT2D eigenvalue weighted by Gasteiger charge is -2.43. The second-order valence-corrected chi connectivity index (χ2v) is 8.21. The smallest absolute Gasteiger partial charge is 0.410 e. The van der Waals surface area contributed by atoms with E-state index in [4.69, 9.17) is 15.2 Å². The van der Waals surface area contributed by atoms with Crippen molar-refractivity contribution in [2.75, 3.05) is 57.0 Å². The molecule has 31 heavy (non-hydrogen) atoms. The maximum atomic E-state index is 12.4. The zero-order chi connectivity index (χ0) is 21.6. The first-order valence-electron chi connectivity index (χ1n) is 11.0. The molecule has 0 saturated carbocycles. The minimum absolute atomic E-state index is 0.212. The normalized spacial score (nSPS) is 18.1. The predicted octanol–water partition coefficient (Wildman–Crippen LogP) is 3.20. The third kappa shape index (κ3) is 5.22. The molecule has 2 aliphatic rings. The van der Waals surface area contributed by atoms with Gasteiger partial charge in [0.05, 0.1) is 12.8 Å². The molecule has 0 aliphatic carbocycles. The molecule has 7 heteroatoms. The molecule has 2 aliphatic heterocycles. The molecule has 0 radical (unpaired) electrons. The Morgan fingerprint density at radius 3 is 2.39 bits per heavy atom. The van der Waals surface area contributed by atoms with Gasteiger partial charge in [0.15, 0.2) is 0 Å². The van der Waals surface area contributed by atoms with Crippen molar-refractivity contribution in [3.8, 4) is 5.75 Å². The van der Waals surface area contributed by atoms with Gasteiger partial charge in [-0.15, -0.1) is 0 Å². The summed E-state index contributed by atoms with van der Waals surface area (Å²) in [6, 6.07) is 16.4. The molecular formula is C24H32N4O3. The van der Waals surface area contributed by atoms with Crippen molar-refractivity contribution in [3.63, 3.8) is 0 Å². The van der Waals surface area contributed by atoms with Crippen LogP contribution in [0.15, 0.2) is 48.5 Å². The van der Waals surface area contributed by atoms with Gasteiger partial charge in [-0.25, -0.2) is 4.79 Å². The molecule has 166 valence electrons. The van der Waals surface area contributed by atoms with Gasteiger partial charge in [0.25, 0.3) is 0 Å². The molecule has 2 aromatic rings. The SMILES string of the molecule is COc1cc(N2CCC(N3CCN(C(=O)OCc4ccccc4)CC3)CC2)ccc1N. The molecule has 2 aromatic carbocycles. The fourth-order valence-electron chi connectivity index (χ4n) is 4.47. The Balaban J connectivity index is 1.22. The molecule has 2 N–H and O–H groups in total. The topological polar surface area (TPSA) is 71.3 Å². The first-order valence-corrected chi connectivity index (χ1v) is 11.0. The van der Waals surface area contributed by atoms with E-state index in [-0.39, 0.29) is 6.09 Å². The standard InChI is InChI=1S/C24H32N4O3/c1-30-23-17-21(7-8-22(23)25)26-11-9-20(10-12-26)27-13-15-28(16-14-27)24(29)31-18-19-5-3-2-4-6-19/h2-8,17,20H,9-16,18,25H2,1H3. The number of amides is 1. The molecule has 0 unspecified atom stereocenters. The highest BCUT2D eigenvalue weighted by Gasteiger charge is 2.29. The third-order valence-electron chi connectivity index (χ3n) is 6.34. The van der Waals surface area contributed by atoms with Crippen molar-refractivity contribution in [3.05, 3.63) is 54.1 Å². The van der Waals surface area contributed by atoms with Gasteiger partial charge < -0.3 is 25.0 Å². The number of nitrogens with two attached hydrogens (primary N) is 1. The number of piperidine rings is 1. The van der Waals surface area contributed by atoms with E-state index in [1.807, 2.05) is 47.4 Å². The highest BCUT2D eigenvalue weighted by molar-refractivity contribution is 5.67. The van der Waals surface area contributed by atoms with Gasteiger partial charge in [-0.3, -0.25) is 4.90 Å². The van der Waals surface area contributed by atoms with E-state index in [1.165, 1.54) is 0 Å². The fraction of sp³-hybridized carbons (Fsp3) is 0.458. The lowest BCUT2D eigenvalue weighted by molar-refractivity contribution is 0.0554. The van der Waals surface area contributed by atoms with E-state index in [0.717, 1.165) is 69.1 Å². The first-order chi connectivity index (χ1) is 15.1. The van der Waals surface area contributed by atoms with E-state index >= 15 is 0 Å². The zero-order valence-corrected chi connectivity index (χ0v) is 18.2. The minimum Gasteiger partial charge on any atom is -0.495 e. The average molecular weight is 425 g/mol. The van der Waals surface area contributed by atoms with Gasteiger partial charge in [-0.1, -0.05) is 30.3 Å². The third-order valence-corrected chi connectivity index (χ3v) is 6.34. The first kappa shape index (κ1) is 21.3. The van der Waals surface area contributed by atoms with Crippen LogP contribution in [-0.4, -0.2) is 68.3 Å². The number of hydrogen-bond donors (Lipinski definition) is 1. The second-order valence-electron chi connectivity index (χ2n) is 8.21. The molecule has 0 spiro atoms. The Labute approximate surface area is 184 Å². The van der Waals surface area contributed by atoms with E-state index < -0.39 is 0 Å². The Bertz CT molecular complexity index is 860. The van der Waals surface area contributed by atoms with Crippen molar-refractivity contribution in [2.45, 2.75) is 25.5 Å². The van der Waals surface area contributed by atoms with Crippen LogP contribution >= 0.6 is 0 Å². The number of rotatable bonds is 5. The van der Waals surface area contributed by atoms with E-state index in [9.17, 15) is 4.79 Å². The molecule has 1 amide bonds. The van der Waals surface area contributed by atoms with Crippen molar-refractivity contribution in [1.82, 2.24) is 9.80 Å². The molecule has 0 bridgehead atoms. The van der Waals surface area contributed by atoms with Gasteiger partial charge in [0, 0.05) is 57.1 Å². The molecule has 2 saturated heterocycles. The van der Waals surface area contributed by atoms with Crippen LogP contribution in [0.25, 0.3) is 0 Å². The molecule has 2 fully saturated rings. The summed E-state index contributed by atoms with van der Waals surface area (Å²) in [4.78, 5) is 19.1. The van der Waals surface area contributed by atoms with E-state index in [2.05, 4.69) is 15.9 Å². The number of benzene rings is 2. The summed E-state index contributed by atoms with van der Waals surface area (Å²) in [6.45, 7) is 5.61. The number of piperazine rings is 1. The van der Waals surface area contributed by atoms with Gasteiger partial charge in [-0.05, 0) is 30.5 Å². The van der Waals surface area contributed by atoms with Crippen LogP contribution in [0.4, 0.5) is 16.2 Å². The van der Waals surface area contributed by atoms with Crippen LogP contribution in [0.3, 0.4) is 0 Å². The lowest BCUT2D eigenvalue weighted by atomic mass is 10.0. The maximum Gasteiger partial charge on any atom is 0.410 e. The van der Waals surface area contributed by atoms with Crippen LogP contribution in [0.2, 0.25) is 0 Å². The van der Waals surface area contributed by atoms with Gasteiger partial charge in [0.2, 0.25) is 0 Å². The number of nitrogens with zero attached hydrogens (tertiary/aromatic N) is 3. The van der Waals surface area contributed by atoms with Crippen LogP contribution in [0.5, 0.6) is 5.75 Å². The molecule has 0 aromatic heterocycles. The van der Waals surface area contributed by atoms with Crippen molar-refractivity contribution >= 4 is 17.5 Å². The molecular weight excluding hydrogens is 392 g/mol. The molecule has 0 atom stereocenters. The summed E-state index contributed by atoms with van der Waals surface area (Å²) >= 11 is 0. The second kappa shape index (κ2) is 9.92. The predicted molar refractivity (Wildman–Crippen MR) is 122 cm³/mol. The highest BCUT2D eigenvalue weighted by atomic mass is 16.6. The number of methoxy groups -OCH3 is 1. The highest BCUT2D eigenvalue weighted by Crippen LogP contribution is 2.30. The minimum atomic E-state index is -0.212. The zero-order valence-electron chi connectivity index (χ0n) is 18.2. The monoisotopic (exact) mass is 424 g/mol. The van der Waals surface area contributed by atoms with E-state index in [0.29, 0.717) is 18.3 Å². The molecule has 2 heterocycles. The van der Waals surface area contributed by atoms with Crippen LogP contribution in [0, 0.1) is 0 Å². The Hall–Kier alpha value is -2.93. The molecule has 4 rings (SSSR count). The van der Waals surface area contributed by atoms with Crippen LogP contribution in [-0.2, 0) is 11.3 Å². The number of nitrogen functional groups attached to an aromatic ring is 1.